The second kappa shape index (κ2) is 5.44. The van der Waals surface area contributed by atoms with Gasteiger partial charge in [-0.05, 0) is 44.4 Å². The molecule has 1 aliphatic heterocycles. The van der Waals surface area contributed by atoms with Gasteiger partial charge in [0.15, 0.2) is 5.17 Å². The van der Waals surface area contributed by atoms with Crippen molar-refractivity contribution in [1.82, 2.24) is 5.32 Å². The molecule has 0 aromatic rings. The molecule has 16 heavy (non-hydrogen) atoms. The molecule has 1 fully saturated rings. The van der Waals surface area contributed by atoms with E-state index in [9.17, 15) is 0 Å². The van der Waals surface area contributed by atoms with Crippen molar-refractivity contribution in [1.29, 1.82) is 0 Å². The Bertz CT molecular complexity index is 255. The Morgan fingerprint density at radius 2 is 1.81 bits per heavy atom. The summed E-state index contributed by atoms with van der Waals surface area (Å²) in [6, 6.07) is 1.18. The molecule has 3 heteroatoms. The molecule has 0 aromatic heterocycles. The summed E-state index contributed by atoms with van der Waals surface area (Å²) in [5.74, 6) is 2.96. The van der Waals surface area contributed by atoms with Gasteiger partial charge in [-0.3, -0.25) is 4.99 Å². The normalized spacial score (nSPS) is 40.3. The number of hydrogen-bond donors (Lipinski definition) is 1. The number of amidine groups is 1. The molecule has 0 bridgehead atoms. The highest BCUT2D eigenvalue weighted by Crippen LogP contribution is 2.29. The Morgan fingerprint density at radius 1 is 1.12 bits per heavy atom. The fraction of sp³-hybridized carbons (Fsp3) is 0.923. The molecule has 2 rings (SSSR count). The maximum atomic E-state index is 4.69. The van der Waals surface area contributed by atoms with Crippen LogP contribution < -0.4 is 5.32 Å². The summed E-state index contributed by atoms with van der Waals surface area (Å²) in [5.41, 5.74) is 0. The molecule has 0 saturated heterocycles. The van der Waals surface area contributed by atoms with Crippen LogP contribution in [0.25, 0.3) is 0 Å². The molecular formula is C13H24N2S. The number of rotatable bonds is 1. The zero-order valence-corrected chi connectivity index (χ0v) is 11.5. The van der Waals surface area contributed by atoms with E-state index >= 15 is 0 Å². The third-order valence-corrected chi connectivity index (χ3v) is 4.55. The van der Waals surface area contributed by atoms with E-state index in [1.54, 1.807) is 0 Å². The molecule has 1 heterocycles. The van der Waals surface area contributed by atoms with Crippen LogP contribution in [-0.2, 0) is 0 Å². The van der Waals surface area contributed by atoms with Gasteiger partial charge in [-0.1, -0.05) is 25.6 Å². The quantitative estimate of drug-likeness (QED) is 0.760. The van der Waals surface area contributed by atoms with Crippen LogP contribution in [0, 0.1) is 11.8 Å². The molecule has 0 spiro atoms. The standard InChI is InChI=1S/C13H24N2S/c1-9-6-10(2)8-12(7-9)15-13-14-11(3)4-5-16-13/h9-12H,4-8H2,1-3H3,(H,14,15). The highest BCUT2D eigenvalue weighted by molar-refractivity contribution is 8.13. The zero-order chi connectivity index (χ0) is 11.5. The van der Waals surface area contributed by atoms with Gasteiger partial charge in [-0.25, -0.2) is 0 Å². The van der Waals surface area contributed by atoms with Crippen LogP contribution in [0.5, 0.6) is 0 Å². The highest BCUT2D eigenvalue weighted by atomic mass is 32.2. The number of nitrogens with one attached hydrogen (secondary N) is 1. The van der Waals surface area contributed by atoms with Crippen molar-refractivity contribution >= 4 is 16.9 Å². The van der Waals surface area contributed by atoms with E-state index in [1.165, 1.54) is 36.6 Å². The predicted molar refractivity (Wildman–Crippen MR) is 73.1 cm³/mol. The smallest absolute Gasteiger partial charge is 0.157 e. The van der Waals surface area contributed by atoms with Crippen LogP contribution in [0.3, 0.4) is 0 Å². The molecule has 0 aromatic carbocycles. The van der Waals surface area contributed by atoms with Crippen molar-refractivity contribution in [2.24, 2.45) is 16.8 Å². The number of nitrogens with zero attached hydrogens (tertiary/aromatic N) is 1. The van der Waals surface area contributed by atoms with Crippen molar-refractivity contribution in [3.63, 3.8) is 0 Å². The Kier molecular flexibility index (Phi) is 4.17. The lowest BCUT2D eigenvalue weighted by molar-refractivity contribution is 0.256. The molecule has 1 saturated carbocycles. The first-order valence-corrected chi connectivity index (χ1v) is 7.59. The molecule has 92 valence electrons. The first-order chi connectivity index (χ1) is 7.63. The van der Waals surface area contributed by atoms with Crippen molar-refractivity contribution in [2.45, 2.75) is 58.5 Å². The Morgan fingerprint density at radius 3 is 2.44 bits per heavy atom. The molecular weight excluding hydrogens is 216 g/mol. The monoisotopic (exact) mass is 240 g/mol. The van der Waals surface area contributed by atoms with E-state index in [1.807, 2.05) is 11.8 Å². The average molecular weight is 240 g/mol. The van der Waals surface area contributed by atoms with Gasteiger partial charge >= 0.3 is 0 Å². The van der Waals surface area contributed by atoms with Crippen molar-refractivity contribution in [2.75, 3.05) is 5.75 Å². The number of thioether (sulfide) groups is 1. The molecule has 0 amide bonds. The Hall–Kier alpha value is -0.180. The summed E-state index contributed by atoms with van der Waals surface area (Å²) >= 11 is 1.90. The zero-order valence-electron chi connectivity index (χ0n) is 10.7. The topological polar surface area (TPSA) is 24.4 Å². The van der Waals surface area contributed by atoms with Gasteiger partial charge in [0.25, 0.3) is 0 Å². The van der Waals surface area contributed by atoms with Crippen LogP contribution in [0.2, 0.25) is 0 Å². The lowest BCUT2D eigenvalue weighted by Gasteiger charge is -2.33. The first kappa shape index (κ1) is 12.3. The molecule has 3 unspecified atom stereocenters. The highest BCUT2D eigenvalue weighted by Gasteiger charge is 2.25. The predicted octanol–water partition coefficient (Wildman–Crippen LogP) is 3.28. The number of aliphatic imine (C=N–C) groups is 1. The summed E-state index contributed by atoms with van der Waals surface area (Å²) in [6.45, 7) is 6.97. The Labute approximate surface area is 104 Å². The largest absolute Gasteiger partial charge is 0.362 e. The fourth-order valence-electron chi connectivity index (χ4n) is 2.95. The van der Waals surface area contributed by atoms with Crippen molar-refractivity contribution in [3.05, 3.63) is 0 Å². The number of hydrogen-bond acceptors (Lipinski definition) is 3. The van der Waals surface area contributed by atoms with Gasteiger partial charge < -0.3 is 5.32 Å². The summed E-state index contributed by atoms with van der Waals surface area (Å²) in [5, 5.41) is 4.86. The maximum absolute atomic E-state index is 4.69. The van der Waals surface area contributed by atoms with E-state index in [0.29, 0.717) is 12.1 Å². The molecule has 1 aliphatic carbocycles. The minimum atomic E-state index is 0.516. The summed E-state index contributed by atoms with van der Waals surface area (Å²) in [4.78, 5) is 4.69. The van der Waals surface area contributed by atoms with Crippen molar-refractivity contribution in [3.8, 4) is 0 Å². The summed E-state index contributed by atoms with van der Waals surface area (Å²) in [6.07, 6.45) is 5.26. The maximum Gasteiger partial charge on any atom is 0.157 e. The van der Waals surface area contributed by atoms with Crippen LogP contribution >= 0.6 is 11.8 Å². The minimum Gasteiger partial charge on any atom is -0.362 e. The lowest BCUT2D eigenvalue weighted by Crippen LogP contribution is -2.40. The average Bonchev–Trinajstić information content (AvgIpc) is 2.15. The SMILES string of the molecule is CC1CC(C)CC(NC2=NC(C)CCS2)C1. The third kappa shape index (κ3) is 3.41. The van der Waals surface area contributed by atoms with Gasteiger partial charge in [-0.15, -0.1) is 0 Å². The third-order valence-electron chi connectivity index (χ3n) is 3.62. The van der Waals surface area contributed by atoms with E-state index in [0.717, 1.165) is 11.8 Å². The van der Waals surface area contributed by atoms with Gasteiger partial charge in [0.1, 0.15) is 0 Å². The van der Waals surface area contributed by atoms with Gasteiger partial charge in [0.2, 0.25) is 0 Å². The van der Waals surface area contributed by atoms with E-state index < -0.39 is 0 Å². The van der Waals surface area contributed by atoms with Gasteiger partial charge in [-0.2, -0.15) is 0 Å². The molecule has 2 aliphatic rings. The molecule has 3 atom stereocenters. The van der Waals surface area contributed by atoms with Gasteiger partial charge in [0.05, 0.1) is 6.04 Å². The van der Waals surface area contributed by atoms with Crippen molar-refractivity contribution < 1.29 is 0 Å². The second-order valence-electron chi connectivity index (χ2n) is 5.68. The summed E-state index contributed by atoms with van der Waals surface area (Å²) < 4.78 is 0. The van der Waals surface area contributed by atoms with E-state index in [2.05, 4.69) is 26.1 Å². The molecule has 2 nitrogen and oxygen atoms in total. The van der Waals surface area contributed by atoms with Gasteiger partial charge in [0, 0.05) is 11.8 Å². The van der Waals surface area contributed by atoms with Crippen LogP contribution in [0.4, 0.5) is 0 Å². The lowest BCUT2D eigenvalue weighted by atomic mass is 9.80. The second-order valence-corrected chi connectivity index (χ2v) is 6.76. The van der Waals surface area contributed by atoms with E-state index in [4.69, 9.17) is 4.99 Å². The molecule has 1 N–H and O–H groups in total. The van der Waals surface area contributed by atoms with Crippen LogP contribution in [0.15, 0.2) is 4.99 Å². The van der Waals surface area contributed by atoms with Crippen LogP contribution in [0.1, 0.15) is 46.5 Å². The fourth-order valence-corrected chi connectivity index (χ4v) is 4.10. The summed E-state index contributed by atoms with van der Waals surface area (Å²) in [7, 11) is 0. The first-order valence-electron chi connectivity index (χ1n) is 6.60. The minimum absolute atomic E-state index is 0.516. The van der Waals surface area contributed by atoms with E-state index in [-0.39, 0.29) is 0 Å². The van der Waals surface area contributed by atoms with Crippen LogP contribution in [-0.4, -0.2) is 23.0 Å². The molecule has 0 radical (unpaired) electrons. The Balaban J connectivity index is 1.88.